The van der Waals surface area contributed by atoms with E-state index in [0.29, 0.717) is 16.7 Å². The molecule has 5 aliphatic carbocycles. The van der Waals surface area contributed by atoms with Gasteiger partial charge in [-0.2, -0.15) is 0 Å². The van der Waals surface area contributed by atoms with Gasteiger partial charge in [0.25, 0.3) is 0 Å². The fourth-order valence-electron chi connectivity index (χ4n) is 9.97. The van der Waals surface area contributed by atoms with Crippen molar-refractivity contribution in [2.45, 2.75) is 86.5 Å². The van der Waals surface area contributed by atoms with Crippen molar-refractivity contribution in [1.82, 2.24) is 4.90 Å². The van der Waals surface area contributed by atoms with Crippen LogP contribution in [-0.4, -0.2) is 48.6 Å². The molecule has 0 aromatic heterocycles. The van der Waals surface area contributed by atoms with Crippen LogP contribution in [0.15, 0.2) is 46.3 Å². The smallest absolute Gasteiger partial charge is 0.220 e. The number of morpholine rings is 1. The first-order valence-electron chi connectivity index (χ1n) is 14.8. The van der Waals surface area contributed by atoms with Gasteiger partial charge < -0.3 is 9.84 Å². The van der Waals surface area contributed by atoms with Crippen molar-refractivity contribution >= 4 is 5.78 Å². The molecule has 0 aromatic rings. The summed E-state index contributed by atoms with van der Waals surface area (Å²) in [6.45, 7) is 19.7. The fourth-order valence-corrected chi connectivity index (χ4v) is 9.97. The number of hydrogen-bond acceptors (Lipinski definition) is 4. The Balaban J connectivity index is 1.38. The molecule has 4 fully saturated rings. The van der Waals surface area contributed by atoms with E-state index >= 15 is 0 Å². The molecule has 0 radical (unpaired) electrons. The summed E-state index contributed by atoms with van der Waals surface area (Å²) in [5.41, 5.74) is 5.43. The van der Waals surface area contributed by atoms with Crippen molar-refractivity contribution in [2.75, 3.05) is 32.8 Å². The fraction of sp³-hybridized carbons (Fsp3) is 0.727. The van der Waals surface area contributed by atoms with Gasteiger partial charge in [-0.3, -0.25) is 9.69 Å². The second kappa shape index (κ2) is 8.18. The number of aliphatic hydroxyl groups excluding tert-OH is 1. The second-order valence-electron chi connectivity index (χ2n) is 14.7. The lowest BCUT2D eigenvalue weighted by atomic mass is 9.34. The summed E-state index contributed by atoms with van der Waals surface area (Å²) in [5, 5.41) is 10.4. The molecular weight excluding hydrogens is 458 g/mol. The number of carbonyl (C=O) groups excluding carboxylic acids is 1. The van der Waals surface area contributed by atoms with Crippen LogP contribution in [0.5, 0.6) is 0 Å². The van der Waals surface area contributed by atoms with Crippen LogP contribution >= 0.6 is 0 Å². The number of aliphatic hydroxyl groups is 1. The van der Waals surface area contributed by atoms with E-state index in [4.69, 9.17) is 4.74 Å². The normalized spacial score (nSPS) is 46.2. The number of ether oxygens (including phenoxy) is 1. The molecule has 0 bridgehead atoms. The number of nitrogens with zero attached hydrogens (tertiary/aromatic N) is 1. The van der Waals surface area contributed by atoms with Crippen molar-refractivity contribution in [3.8, 4) is 0 Å². The SMILES string of the molecule is CC1=C(O)C(=O)C=C2C1=CC=C1[C@@]2(C)CC[C@@]2(C)[C@@H]3C[C@](C)(CN4CCOCC4)CC[C@]3(C)CC[C@]12C. The van der Waals surface area contributed by atoms with E-state index in [1.807, 2.05) is 6.92 Å². The van der Waals surface area contributed by atoms with Gasteiger partial charge in [0.1, 0.15) is 0 Å². The number of ketones is 1. The molecule has 1 aliphatic heterocycles. The number of carbonyl (C=O) groups is 1. The average Bonchev–Trinajstić information content (AvgIpc) is 2.86. The van der Waals surface area contributed by atoms with Gasteiger partial charge in [0, 0.05) is 30.6 Å². The highest BCUT2D eigenvalue weighted by atomic mass is 16.5. The topological polar surface area (TPSA) is 49.8 Å². The van der Waals surface area contributed by atoms with Crippen molar-refractivity contribution in [3.05, 3.63) is 46.3 Å². The molecule has 0 spiro atoms. The Morgan fingerprint density at radius 1 is 0.973 bits per heavy atom. The molecule has 1 N–H and O–H groups in total. The standard InChI is InChI=1S/C33H47NO3/c1-22-23-7-8-26-31(4,24(23)19-25(35)28(22)36)12-14-33(6)27-20-29(2,21-34-15-17-37-18-16-34)9-10-30(27,3)11-13-32(26,33)5/h7-8,19,27,36H,9-18,20-21H2,1-6H3/t27-,29-,30-,31+,32-,33+/m1/s1. The molecule has 37 heavy (non-hydrogen) atoms. The van der Waals surface area contributed by atoms with Gasteiger partial charge in [-0.05, 0) is 96.7 Å². The molecule has 0 amide bonds. The minimum Gasteiger partial charge on any atom is -0.504 e. The summed E-state index contributed by atoms with van der Waals surface area (Å²) in [6.07, 6.45) is 15.1. The third-order valence-electron chi connectivity index (χ3n) is 12.7. The highest BCUT2D eigenvalue weighted by Gasteiger charge is 2.66. The number of rotatable bonds is 2. The molecule has 0 unspecified atom stereocenters. The number of fused-ring (bicyclic) bond motifs is 7. The summed E-state index contributed by atoms with van der Waals surface area (Å²) >= 11 is 0. The third kappa shape index (κ3) is 3.50. The van der Waals surface area contributed by atoms with Crippen molar-refractivity contribution in [3.63, 3.8) is 0 Å². The van der Waals surface area contributed by atoms with Crippen LogP contribution in [0.1, 0.15) is 86.5 Å². The van der Waals surface area contributed by atoms with Gasteiger partial charge in [0.2, 0.25) is 5.78 Å². The van der Waals surface area contributed by atoms with Crippen LogP contribution < -0.4 is 0 Å². The van der Waals surface area contributed by atoms with Crippen molar-refractivity contribution < 1.29 is 14.6 Å². The molecular formula is C33H47NO3. The predicted molar refractivity (Wildman–Crippen MR) is 148 cm³/mol. The lowest BCUT2D eigenvalue weighted by molar-refractivity contribution is -0.164. The van der Waals surface area contributed by atoms with Crippen LogP contribution in [0.2, 0.25) is 0 Å². The van der Waals surface area contributed by atoms with Crippen molar-refractivity contribution in [1.29, 1.82) is 0 Å². The number of hydrogen-bond donors (Lipinski definition) is 1. The third-order valence-corrected chi connectivity index (χ3v) is 12.7. The zero-order chi connectivity index (χ0) is 26.4. The molecule has 3 saturated carbocycles. The Morgan fingerprint density at radius 2 is 1.68 bits per heavy atom. The summed E-state index contributed by atoms with van der Waals surface area (Å²) < 4.78 is 5.65. The maximum atomic E-state index is 12.7. The zero-order valence-corrected chi connectivity index (χ0v) is 24.0. The lowest BCUT2D eigenvalue weighted by Crippen LogP contribution is -2.62. The van der Waals surface area contributed by atoms with Gasteiger partial charge in [-0.1, -0.05) is 52.3 Å². The Labute approximate surface area is 223 Å². The van der Waals surface area contributed by atoms with Crippen molar-refractivity contribution in [2.24, 2.45) is 33.0 Å². The van der Waals surface area contributed by atoms with Gasteiger partial charge in [0.15, 0.2) is 5.76 Å². The molecule has 6 rings (SSSR count). The zero-order valence-electron chi connectivity index (χ0n) is 24.0. The monoisotopic (exact) mass is 505 g/mol. The van der Waals surface area contributed by atoms with Gasteiger partial charge in [0.05, 0.1) is 13.2 Å². The Kier molecular flexibility index (Phi) is 5.66. The molecule has 1 saturated heterocycles. The van der Waals surface area contributed by atoms with Crippen LogP contribution in [0.3, 0.4) is 0 Å². The summed E-state index contributed by atoms with van der Waals surface area (Å²) in [4.78, 5) is 15.4. The predicted octanol–water partition coefficient (Wildman–Crippen LogP) is 6.95. The molecule has 4 nitrogen and oxygen atoms in total. The van der Waals surface area contributed by atoms with Crippen LogP contribution in [0, 0.1) is 33.0 Å². The molecule has 6 aliphatic rings. The summed E-state index contributed by atoms with van der Waals surface area (Å²) in [7, 11) is 0. The highest BCUT2D eigenvalue weighted by Crippen LogP contribution is 2.75. The quantitative estimate of drug-likeness (QED) is 0.441. The number of allylic oxidation sites excluding steroid dienone is 7. The van der Waals surface area contributed by atoms with E-state index in [1.165, 1.54) is 50.6 Å². The first kappa shape index (κ1) is 25.6. The average molecular weight is 506 g/mol. The van der Waals surface area contributed by atoms with Crippen LogP contribution in [0.4, 0.5) is 0 Å². The summed E-state index contributed by atoms with van der Waals surface area (Å²) in [5.74, 6) is 0.382. The van der Waals surface area contributed by atoms with Crippen LogP contribution in [-0.2, 0) is 9.53 Å². The summed E-state index contributed by atoms with van der Waals surface area (Å²) in [6, 6.07) is 0. The maximum absolute atomic E-state index is 12.7. The maximum Gasteiger partial charge on any atom is 0.220 e. The second-order valence-corrected chi connectivity index (χ2v) is 14.7. The largest absolute Gasteiger partial charge is 0.504 e. The van der Waals surface area contributed by atoms with Crippen LogP contribution in [0.25, 0.3) is 0 Å². The highest BCUT2D eigenvalue weighted by molar-refractivity contribution is 6.06. The minimum absolute atomic E-state index is 0.0856. The Morgan fingerprint density at radius 3 is 2.41 bits per heavy atom. The molecule has 202 valence electrons. The van der Waals surface area contributed by atoms with E-state index < -0.39 is 0 Å². The van der Waals surface area contributed by atoms with E-state index in [0.717, 1.165) is 49.4 Å². The van der Waals surface area contributed by atoms with E-state index in [1.54, 1.807) is 6.08 Å². The molecule has 1 heterocycles. The van der Waals surface area contributed by atoms with Gasteiger partial charge in [-0.25, -0.2) is 0 Å². The van der Waals surface area contributed by atoms with E-state index in [-0.39, 0.29) is 27.8 Å². The van der Waals surface area contributed by atoms with Gasteiger partial charge in [-0.15, -0.1) is 0 Å². The first-order chi connectivity index (χ1) is 17.4. The first-order valence-corrected chi connectivity index (χ1v) is 14.8. The minimum atomic E-state index is -0.229. The molecule has 6 atom stereocenters. The van der Waals surface area contributed by atoms with E-state index in [2.05, 4.69) is 51.7 Å². The van der Waals surface area contributed by atoms with Gasteiger partial charge >= 0.3 is 0 Å². The molecule has 4 heteroatoms. The Bertz CT molecular complexity index is 1150. The Hall–Kier alpha value is -1.65. The lowest BCUT2D eigenvalue weighted by Gasteiger charge is -2.70. The van der Waals surface area contributed by atoms with E-state index in [9.17, 15) is 9.90 Å². The molecule has 0 aromatic carbocycles.